The maximum absolute atomic E-state index is 12.0. The number of hydrogen-bond acceptors (Lipinski definition) is 5. The Morgan fingerprint density at radius 2 is 2.17 bits per heavy atom. The molecule has 6 nitrogen and oxygen atoms in total. The molecule has 0 aliphatic carbocycles. The van der Waals surface area contributed by atoms with Gasteiger partial charge in [0.2, 0.25) is 10.0 Å². The molecule has 1 aromatic heterocycles. The maximum Gasteiger partial charge on any atom is 0.244 e. The third-order valence-electron chi connectivity index (χ3n) is 2.24. The lowest BCUT2D eigenvalue weighted by Crippen LogP contribution is -2.28. The van der Waals surface area contributed by atoms with Gasteiger partial charge in [0, 0.05) is 32.6 Å². The van der Waals surface area contributed by atoms with Crippen LogP contribution in [-0.4, -0.2) is 40.2 Å². The van der Waals surface area contributed by atoms with E-state index in [1.54, 1.807) is 12.3 Å². The molecule has 0 aromatic carbocycles. The number of nitrogens with one attached hydrogen (secondary N) is 2. The minimum absolute atomic E-state index is 0.162. The van der Waals surface area contributed by atoms with Crippen molar-refractivity contribution in [1.29, 1.82) is 0 Å². The van der Waals surface area contributed by atoms with Gasteiger partial charge in [-0.15, -0.1) is 0 Å². The Labute approximate surface area is 108 Å². The van der Waals surface area contributed by atoms with Crippen LogP contribution in [0, 0.1) is 0 Å². The summed E-state index contributed by atoms with van der Waals surface area (Å²) in [4.78, 5) is 4.02. The average Bonchev–Trinajstić information content (AvgIpc) is 2.37. The largest absolute Gasteiger partial charge is 0.384 e. The van der Waals surface area contributed by atoms with E-state index in [1.165, 1.54) is 13.3 Å². The number of pyridine rings is 1. The molecule has 0 spiro atoms. The molecule has 0 atom stereocenters. The molecule has 0 saturated carbocycles. The first-order valence-electron chi connectivity index (χ1n) is 5.78. The van der Waals surface area contributed by atoms with E-state index in [2.05, 4.69) is 15.0 Å². The lowest BCUT2D eigenvalue weighted by Gasteiger charge is -2.12. The molecule has 0 bridgehead atoms. The van der Waals surface area contributed by atoms with Gasteiger partial charge in [0.1, 0.15) is 4.90 Å². The number of ether oxygens (including phenoxy) is 1. The van der Waals surface area contributed by atoms with Crippen molar-refractivity contribution in [2.24, 2.45) is 0 Å². The summed E-state index contributed by atoms with van der Waals surface area (Å²) in [7, 11) is -2.03. The van der Waals surface area contributed by atoms with Crippen LogP contribution in [0.5, 0.6) is 0 Å². The van der Waals surface area contributed by atoms with Gasteiger partial charge in [0.05, 0.1) is 12.3 Å². The minimum atomic E-state index is -3.55. The van der Waals surface area contributed by atoms with Gasteiger partial charge in [-0.3, -0.25) is 4.98 Å². The third kappa shape index (κ3) is 4.25. The first-order valence-corrected chi connectivity index (χ1v) is 7.26. The zero-order valence-electron chi connectivity index (χ0n) is 10.6. The van der Waals surface area contributed by atoms with E-state index >= 15 is 0 Å². The van der Waals surface area contributed by atoms with Gasteiger partial charge in [-0.2, -0.15) is 0 Å². The molecule has 1 aromatic rings. The lowest BCUT2D eigenvalue weighted by atomic mass is 10.4. The van der Waals surface area contributed by atoms with Crippen LogP contribution < -0.4 is 10.0 Å². The summed E-state index contributed by atoms with van der Waals surface area (Å²) >= 11 is 0. The van der Waals surface area contributed by atoms with Crippen LogP contribution in [0.2, 0.25) is 0 Å². The van der Waals surface area contributed by atoms with E-state index in [4.69, 9.17) is 4.74 Å². The Kier molecular flexibility index (Phi) is 6.03. The summed E-state index contributed by atoms with van der Waals surface area (Å²) in [5.41, 5.74) is 0.566. The lowest BCUT2D eigenvalue weighted by molar-refractivity contribution is 0.204. The van der Waals surface area contributed by atoms with Crippen molar-refractivity contribution in [1.82, 2.24) is 9.71 Å². The second-order valence-corrected chi connectivity index (χ2v) is 5.42. The minimum Gasteiger partial charge on any atom is -0.384 e. The third-order valence-corrected chi connectivity index (χ3v) is 3.73. The molecule has 102 valence electrons. The quantitative estimate of drug-likeness (QED) is 0.686. The zero-order valence-corrected chi connectivity index (χ0v) is 11.5. The molecule has 0 amide bonds. The zero-order chi connectivity index (χ0) is 13.4. The summed E-state index contributed by atoms with van der Waals surface area (Å²) in [6, 6.07) is 1.65. The second-order valence-electron chi connectivity index (χ2n) is 3.69. The SMILES string of the molecule is CCCNc1ccncc1S(=O)(=O)NCCOC. The fourth-order valence-electron chi connectivity index (χ4n) is 1.36. The van der Waals surface area contributed by atoms with Crippen molar-refractivity contribution in [3.8, 4) is 0 Å². The van der Waals surface area contributed by atoms with Crippen LogP contribution in [0.15, 0.2) is 23.4 Å². The molecular weight excluding hydrogens is 254 g/mol. The summed E-state index contributed by atoms with van der Waals surface area (Å²) in [5, 5.41) is 3.07. The molecular formula is C11H19N3O3S. The summed E-state index contributed by atoms with van der Waals surface area (Å²) in [6.45, 7) is 3.29. The topological polar surface area (TPSA) is 80.3 Å². The van der Waals surface area contributed by atoms with Crippen LogP contribution in [0.4, 0.5) is 5.69 Å². The monoisotopic (exact) mass is 273 g/mol. The number of anilines is 1. The van der Waals surface area contributed by atoms with Crippen molar-refractivity contribution < 1.29 is 13.2 Å². The fourth-order valence-corrected chi connectivity index (χ4v) is 2.49. The van der Waals surface area contributed by atoms with E-state index in [0.29, 0.717) is 18.8 Å². The fraction of sp³-hybridized carbons (Fsp3) is 0.545. The average molecular weight is 273 g/mol. The van der Waals surface area contributed by atoms with Gasteiger partial charge in [-0.05, 0) is 12.5 Å². The number of hydrogen-bond donors (Lipinski definition) is 2. The van der Waals surface area contributed by atoms with Crippen LogP contribution in [0.25, 0.3) is 0 Å². The molecule has 0 aliphatic rings. The molecule has 0 aliphatic heterocycles. The van der Waals surface area contributed by atoms with Crippen molar-refractivity contribution in [3.05, 3.63) is 18.5 Å². The van der Waals surface area contributed by atoms with Gasteiger partial charge in [-0.25, -0.2) is 13.1 Å². The molecule has 1 rings (SSSR count). The highest BCUT2D eigenvalue weighted by atomic mass is 32.2. The van der Waals surface area contributed by atoms with Crippen molar-refractivity contribution >= 4 is 15.7 Å². The molecule has 0 fully saturated rings. The van der Waals surface area contributed by atoms with Gasteiger partial charge < -0.3 is 10.1 Å². The smallest absolute Gasteiger partial charge is 0.244 e. The van der Waals surface area contributed by atoms with E-state index in [-0.39, 0.29) is 11.4 Å². The van der Waals surface area contributed by atoms with Crippen molar-refractivity contribution in [2.75, 3.05) is 32.1 Å². The Hall–Kier alpha value is -1.18. The predicted octanol–water partition coefficient (Wildman–Crippen LogP) is 0.828. The normalized spacial score (nSPS) is 11.4. The number of nitrogens with zero attached hydrogens (tertiary/aromatic N) is 1. The molecule has 1 heterocycles. The van der Waals surface area contributed by atoms with Gasteiger partial charge in [0.25, 0.3) is 0 Å². The molecule has 0 unspecified atom stereocenters. The van der Waals surface area contributed by atoms with Crippen molar-refractivity contribution in [3.63, 3.8) is 0 Å². The van der Waals surface area contributed by atoms with Crippen LogP contribution in [0.3, 0.4) is 0 Å². The van der Waals surface area contributed by atoms with Crippen molar-refractivity contribution in [2.45, 2.75) is 18.2 Å². The Bertz CT molecular complexity index is 462. The molecule has 0 radical (unpaired) electrons. The number of methoxy groups -OCH3 is 1. The first kappa shape index (κ1) is 14.9. The van der Waals surface area contributed by atoms with Gasteiger partial charge in [0.15, 0.2) is 0 Å². The predicted molar refractivity (Wildman–Crippen MR) is 70.1 cm³/mol. The number of rotatable bonds is 8. The van der Waals surface area contributed by atoms with E-state index in [1.807, 2.05) is 6.92 Å². The highest BCUT2D eigenvalue weighted by molar-refractivity contribution is 7.89. The van der Waals surface area contributed by atoms with Crippen LogP contribution in [0.1, 0.15) is 13.3 Å². The number of aromatic nitrogens is 1. The summed E-state index contributed by atoms with van der Waals surface area (Å²) in [5.74, 6) is 0. The highest BCUT2D eigenvalue weighted by Gasteiger charge is 2.17. The van der Waals surface area contributed by atoms with E-state index in [0.717, 1.165) is 6.42 Å². The number of sulfonamides is 1. The highest BCUT2D eigenvalue weighted by Crippen LogP contribution is 2.18. The van der Waals surface area contributed by atoms with Crippen LogP contribution in [-0.2, 0) is 14.8 Å². The first-order chi connectivity index (χ1) is 8.61. The standard InChI is InChI=1S/C11H19N3O3S/c1-3-5-13-10-4-6-12-9-11(10)18(15,16)14-7-8-17-2/h4,6,9,14H,3,5,7-8H2,1-2H3,(H,12,13). The summed E-state index contributed by atoms with van der Waals surface area (Å²) in [6.07, 6.45) is 3.82. The Morgan fingerprint density at radius 1 is 1.39 bits per heavy atom. The molecule has 0 saturated heterocycles. The maximum atomic E-state index is 12.0. The molecule has 7 heteroatoms. The second kappa shape index (κ2) is 7.30. The van der Waals surface area contributed by atoms with E-state index in [9.17, 15) is 8.42 Å². The Balaban J connectivity index is 2.86. The van der Waals surface area contributed by atoms with Gasteiger partial charge in [-0.1, -0.05) is 6.92 Å². The van der Waals surface area contributed by atoms with E-state index < -0.39 is 10.0 Å². The Morgan fingerprint density at radius 3 is 2.83 bits per heavy atom. The molecule has 18 heavy (non-hydrogen) atoms. The van der Waals surface area contributed by atoms with Crippen LogP contribution >= 0.6 is 0 Å². The van der Waals surface area contributed by atoms with Gasteiger partial charge >= 0.3 is 0 Å². The summed E-state index contributed by atoms with van der Waals surface area (Å²) < 4.78 is 31.4. The molecule has 2 N–H and O–H groups in total.